The first-order valence-corrected chi connectivity index (χ1v) is 7.57. The van der Waals surface area contributed by atoms with Crippen molar-refractivity contribution in [2.24, 2.45) is 5.92 Å². The smallest absolute Gasteiger partial charge is 0.306 e. The van der Waals surface area contributed by atoms with Crippen molar-refractivity contribution >= 4 is 5.97 Å². The van der Waals surface area contributed by atoms with Gasteiger partial charge in [0.05, 0.1) is 5.92 Å². The first-order valence-electron chi connectivity index (χ1n) is 7.57. The molecule has 1 aliphatic heterocycles. The highest BCUT2D eigenvalue weighted by Crippen LogP contribution is 2.31. The second-order valence-electron chi connectivity index (χ2n) is 5.93. The summed E-state index contributed by atoms with van der Waals surface area (Å²) in [6.45, 7) is 8.30. The Morgan fingerprint density at radius 3 is 2.50 bits per heavy atom. The highest BCUT2D eigenvalue weighted by Gasteiger charge is 2.28. The van der Waals surface area contributed by atoms with Crippen molar-refractivity contribution in [1.29, 1.82) is 0 Å². The molecule has 1 N–H and O–H groups in total. The second kappa shape index (κ2) is 6.40. The van der Waals surface area contributed by atoms with Crippen LogP contribution in [-0.4, -0.2) is 29.1 Å². The third-order valence-electron chi connectivity index (χ3n) is 4.49. The average Bonchev–Trinajstić information content (AvgIpc) is 2.42. The molecule has 0 radical (unpaired) electrons. The van der Waals surface area contributed by atoms with Gasteiger partial charge in [-0.2, -0.15) is 0 Å². The largest absolute Gasteiger partial charge is 0.481 e. The third-order valence-corrected chi connectivity index (χ3v) is 4.49. The fourth-order valence-corrected chi connectivity index (χ4v) is 3.33. The SMILES string of the molecule is CCC(c1ccc(C)cc1C)N1CCC(C(=O)O)CC1. The van der Waals surface area contributed by atoms with Gasteiger partial charge in [0.2, 0.25) is 0 Å². The van der Waals surface area contributed by atoms with E-state index in [4.69, 9.17) is 5.11 Å². The summed E-state index contributed by atoms with van der Waals surface area (Å²) in [5.74, 6) is -0.785. The van der Waals surface area contributed by atoms with E-state index in [1.54, 1.807) is 0 Å². The molecular weight excluding hydrogens is 250 g/mol. The van der Waals surface area contributed by atoms with Gasteiger partial charge in [-0.3, -0.25) is 9.69 Å². The lowest BCUT2D eigenvalue weighted by atomic mass is 9.91. The molecule has 20 heavy (non-hydrogen) atoms. The standard InChI is InChI=1S/C17H25NO2/c1-4-16(15-6-5-12(2)11-13(15)3)18-9-7-14(8-10-18)17(19)20/h5-6,11,14,16H,4,7-10H2,1-3H3,(H,19,20). The molecule has 0 spiro atoms. The number of carbonyl (C=O) groups is 1. The van der Waals surface area contributed by atoms with Crippen molar-refractivity contribution in [3.8, 4) is 0 Å². The topological polar surface area (TPSA) is 40.5 Å². The molecule has 1 atom stereocenters. The first kappa shape index (κ1) is 15.0. The zero-order chi connectivity index (χ0) is 14.7. The van der Waals surface area contributed by atoms with Gasteiger partial charge in [0, 0.05) is 6.04 Å². The minimum Gasteiger partial charge on any atom is -0.481 e. The van der Waals surface area contributed by atoms with Crippen LogP contribution in [0.15, 0.2) is 18.2 Å². The second-order valence-corrected chi connectivity index (χ2v) is 5.93. The molecule has 0 aromatic heterocycles. The number of carboxylic acids is 1. The lowest BCUT2D eigenvalue weighted by molar-refractivity contribution is -0.143. The van der Waals surface area contributed by atoms with Crippen LogP contribution < -0.4 is 0 Å². The molecule has 0 bridgehead atoms. The number of hydrogen-bond donors (Lipinski definition) is 1. The molecular formula is C17H25NO2. The summed E-state index contributed by atoms with van der Waals surface area (Å²) in [5.41, 5.74) is 4.04. The van der Waals surface area contributed by atoms with Gasteiger partial charge in [-0.1, -0.05) is 30.7 Å². The van der Waals surface area contributed by atoms with E-state index in [1.165, 1.54) is 16.7 Å². The van der Waals surface area contributed by atoms with Crippen LogP contribution >= 0.6 is 0 Å². The van der Waals surface area contributed by atoms with E-state index >= 15 is 0 Å². The molecule has 1 aliphatic rings. The lowest BCUT2D eigenvalue weighted by Gasteiger charge is -2.37. The van der Waals surface area contributed by atoms with E-state index in [0.29, 0.717) is 6.04 Å². The summed E-state index contributed by atoms with van der Waals surface area (Å²) in [6.07, 6.45) is 2.62. The van der Waals surface area contributed by atoms with Crippen molar-refractivity contribution in [3.05, 3.63) is 34.9 Å². The Kier molecular flexibility index (Phi) is 4.81. The van der Waals surface area contributed by atoms with E-state index in [2.05, 4.69) is 43.9 Å². The molecule has 3 nitrogen and oxygen atoms in total. The number of aliphatic carboxylic acids is 1. The van der Waals surface area contributed by atoms with Crippen molar-refractivity contribution in [1.82, 2.24) is 4.90 Å². The normalized spacial score (nSPS) is 18.9. The minimum atomic E-state index is -0.635. The highest BCUT2D eigenvalue weighted by molar-refractivity contribution is 5.70. The van der Waals surface area contributed by atoms with E-state index in [1.807, 2.05) is 0 Å². The predicted octanol–water partition coefficient (Wildman–Crippen LogP) is 3.55. The Morgan fingerprint density at radius 2 is 2.00 bits per heavy atom. The Hall–Kier alpha value is -1.35. The number of nitrogens with zero attached hydrogens (tertiary/aromatic N) is 1. The predicted molar refractivity (Wildman–Crippen MR) is 80.9 cm³/mol. The maximum absolute atomic E-state index is 11.0. The highest BCUT2D eigenvalue weighted by atomic mass is 16.4. The summed E-state index contributed by atoms with van der Waals surface area (Å²) in [5, 5.41) is 9.09. The Bertz CT molecular complexity index is 476. The molecule has 110 valence electrons. The number of piperidine rings is 1. The van der Waals surface area contributed by atoms with E-state index in [0.717, 1.165) is 32.4 Å². The van der Waals surface area contributed by atoms with E-state index < -0.39 is 5.97 Å². The molecule has 2 rings (SSSR count). The average molecular weight is 275 g/mol. The van der Waals surface area contributed by atoms with E-state index in [-0.39, 0.29) is 5.92 Å². The van der Waals surface area contributed by atoms with Crippen LogP contribution in [0.25, 0.3) is 0 Å². The third kappa shape index (κ3) is 3.21. The molecule has 1 fully saturated rings. The van der Waals surface area contributed by atoms with Crippen LogP contribution in [0.2, 0.25) is 0 Å². The number of likely N-dealkylation sites (tertiary alicyclic amines) is 1. The molecule has 0 saturated carbocycles. The first-order chi connectivity index (χ1) is 9.52. The van der Waals surface area contributed by atoms with E-state index in [9.17, 15) is 4.79 Å². The van der Waals surface area contributed by atoms with Crippen molar-refractivity contribution < 1.29 is 9.90 Å². The molecule has 1 saturated heterocycles. The number of benzene rings is 1. The monoisotopic (exact) mass is 275 g/mol. The molecule has 1 aromatic rings. The zero-order valence-corrected chi connectivity index (χ0v) is 12.7. The summed E-state index contributed by atoms with van der Waals surface area (Å²) in [7, 11) is 0. The fourth-order valence-electron chi connectivity index (χ4n) is 3.33. The lowest BCUT2D eigenvalue weighted by Crippen LogP contribution is -2.38. The van der Waals surface area contributed by atoms with Gasteiger partial charge in [0.1, 0.15) is 0 Å². The molecule has 1 heterocycles. The number of hydrogen-bond acceptors (Lipinski definition) is 2. The minimum absolute atomic E-state index is 0.150. The molecule has 0 aliphatic carbocycles. The summed E-state index contributed by atoms with van der Waals surface area (Å²) < 4.78 is 0. The Morgan fingerprint density at radius 1 is 1.35 bits per heavy atom. The molecule has 3 heteroatoms. The number of carboxylic acid groups (broad SMARTS) is 1. The van der Waals surface area contributed by atoms with Crippen molar-refractivity contribution in [2.45, 2.75) is 46.1 Å². The quantitative estimate of drug-likeness (QED) is 0.913. The van der Waals surface area contributed by atoms with Crippen LogP contribution in [0.1, 0.15) is 48.9 Å². The van der Waals surface area contributed by atoms with Gasteiger partial charge in [0.15, 0.2) is 0 Å². The maximum atomic E-state index is 11.0. The zero-order valence-electron chi connectivity index (χ0n) is 12.7. The summed E-state index contributed by atoms with van der Waals surface area (Å²) in [6, 6.07) is 7.07. The van der Waals surface area contributed by atoms with Gasteiger partial charge in [0.25, 0.3) is 0 Å². The summed E-state index contributed by atoms with van der Waals surface area (Å²) in [4.78, 5) is 13.5. The fraction of sp³-hybridized carbons (Fsp3) is 0.588. The van der Waals surface area contributed by atoms with Gasteiger partial charge in [-0.25, -0.2) is 0 Å². The summed E-state index contributed by atoms with van der Waals surface area (Å²) >= 11 is 0. The number of aryl methyl sites for hydroxylation is 2. The van der Waals surface area contributed by atoms with Gasteiger partial charge < -0.3 is 5.11 Å². The van der Waals surface area contributed by atoms with Crippen LogP contribution in [0.5, 0.6) is 0 Å². The van der Waals surface area contributed by atoms with Crippen LogP contribution in [0, 0.1) is 19.8 Å². The van der Waals surface area contributed by atoms with Crippen LogP contribution in [-0.2, 0) is 4.79 Å². The molecule has 1 unspecified atom stereocenters. The van der Waals surface area contributed by atoms with Crippen molar-refractivity contribution in [3.63, 3.8) is 0 Å². The maximum Gasteiger partial charge on any atom is 0.306 e. The molecule has 1 aromatic carbocycles. The van der Waals surface area contributed by atoms with Crippen molar-refractivity contribution in [2.75, 3.05) is 13.1 Å². The number of rotatable bonds is 4. The molecule has 0 amide bonds. The van der Waals surface area contributed by atoms with Crippen LogP contribution in [0.4, 0.5) is 0 Å². The van der Waals surface area contributed by atoms with Gasteiger partial charge in [-0.05, 0) is 57.3 Å². The Labute approximate surface area is 121 Å². The van der Waals surface area contributed by atoms with Gasteiger partial charge >= 0.3 is 5.97 Å². The Balaban J connectivity index is 2.11. The van der Waals surface area contributed by atoms with Crippen LogP contribution in [0.3, 0.4) is 0 Å². The van der Waals surface area contributed by atoms with Gasteiger partial charge in [-0.15, -0.1) is 0 Å².